The highest BCUT2D eigenvalue weighted by molar-refractivity contribution is 7.92. The van der Waals surface area contributed by atoms with Crippen LogP contribution in [0.5, 0.6) is 0 Å². The Morgan fingerprint density at radius 2 is 1.94 bits per heavy atom. The van der Waals surface area contributed by atoms with E-state index in [4.69, 9.17) is 5.73 Å². The second-order valence-corrected chi connectivity index (χ2v) is 7.99. The topological polar surface area (TPSA) is 60.2 Å². The third-order valence-electron chi connectivity index (χ3n) is 4.00. The third-order valence-corrected chi connectivity index (χ3v) is 6.73. The van der Waals surface area contributed by atoms with Crippen molar-refractivity contribution in [2.75, 3.05) is 6.54 Å². The van der Waals surface area contributed by atoms with Crippen LogP contribution in [0.3, 0.4) is 0 Å². The maximum atomic E-state index is 12.3. The van der Waals surface area contributed by atoms with Gasteiger partial charge >= 0.3 is 0 Å². The van der Waals surface area contributed by atoms with Crippen molar-refractivity contribution < 1.29 is 8.42 Å². The maximum absolute atomic E-state index is 12.3. The molecule has 0 aromatic rings. The molecule has 16 heavy (non-hydrogen) atoms. The summed E-state index contributed by atoms with van der Waals surface area (Å²) < 4.78 is 24.5. The van der Waals surface area contributed by atoms with Crippen LogP contribution in [0.25, 0.3) is 0 Å². The highest BCUT2D eigenvalue weighted by Gasteiger charge is 2.39. The minimum atomic E-state index is -2.98. The Hall–Kier alpha value is -0.0900. The third kappa shape index (κ3) is 2.77. The van der Waals surface area contributed by atoms with Gasteiger partial charge in [0.2, 0.25) is 0 Å². The van der Waals surface area contributed by atoms with Crippen molar-refractivity contribution >= 4 is 9.84 Å². The summed E-state index contributed by atoms with van der Waals surface area (Å²) in [7, 11) is -2.98. The van der Waals surface area contributed by atoms with Gasteiger partial charge in [-0.05, 0) is 45.1 Å². The van der Waals surface area contributed by atoms with Crippen molar-refractivity contribution in [3.05, 3.63) is 0 Å². The predicted octanol–water partition coefficient (Wildman–Crippen LogP) is 1.96. The number of sulfone groups is 1. The monoisotopic (exact) mass is 247 g/mol. The minimum Gasteiger partial charge on any atom is -0.330 e. The molecule has 1 fully saturated rings. The Morgan fingerprint density at radius 3 is 2.38 bits per heavy atom. The summed E-state index contributed by atoms with van der Waals surface area (Å²) in [6, 6.07) is 0. The summed E-state index contributed by atoms with van der Waals surface area (Å²) in [6.45, 7) is 6.20. The molecular weight excluding hydrogens is 222 g/mol. The summed E-state index contributed by atoms with van der Waals surface area (Å²) in [6.07, 6.45) is 4.02. The standard InChI is InChI=1S/C12H25NO2S/c1-4-10-5-6-11(8-13)12(7-10)16(14,15)9(2)3/h9-12H,4-8,13H2,1-3H3. The molecule has 1 aliphatic carbocycles. The summed E-state index contributed by atoms with van der Waals surface area (Å²) >= 11 is 0. The van der Waals surface area contributed by atoms with Crippen molar-refractivity contribution in [3.8, 4) is 0 Å². The number of nitrogens with two attached hydrogens (primary N) is 1. The van der Waals surface area contributed by atoms with E-state index in [1.165, 1.54) is 0 Å². The second kappa shape index (κ2) is 5.50. The van der Waals surface area contributed by atoms with Gasteiger partial charge in [0.15, 0.2) is 9.84 Å². The molecule has 0 aliphatic heterocycles. The van der Waals surface area contributed by atoms with E-state index in [2.05, 4.69) is 6.92 Å². The van der Waals surface area contributed by atoms with Gasteiger partial charge in [-0.3, -0.25) is 0 Å². The lowest BCUT2D eigenvalue weighted by Gasteiger charge is -2.35. The normalized spacial score (nSPS) is 31.9. The molecule has 1 aliphatic rings. The first-order chi connectivity index (χ1) is 7.43. The first-order valence-electron chi connectivity index (χ1n) is 6.36. The fourth-order valence-corrected chi connectivity index (χ4v) is 4.69. The van der Waals surface area contributed by atoms with Gasteiger partial charge in [-0.1, -0.05) is 19.8 Å². The molecule has 0 aromatic carbocycles. The van der Waals surface area contributed by atoms with Crippen molar-refractivity contribution in [2.45, 2.75) is 57.0 Å². The van der Waals surface area contributed by atoms with Crippen LogP contribution in [-0.4, -0.2) is 25.5 Å². The van der Waals surface area contributed by atoms with E-state index in [-0.39, 0.29) is 16.4 Å². The minimum absolute atomic E-state index is 0.176. The molecule has 2 N–H and O–H groups in total. The second-order valence-electron chi connectivity index (χ2n) is 5.26. The SMILES string of the molecule is CCC1CCC(CN)C(S(=O)(=O)C(C)C)C1. The van der Waals surface area contributed by atoms with Gasteiger partial charge in [-0.25, -0.2) is 8.42 Å². The van der Waals surface area contributed by atoms with E-state index < -0.39 is 9.84 Å². The quantitative estimate of drug-likeness (QED) is 0.826. The summed E-state index contributed by atoms with van der Waals surface area (Å²) in [5.74, 6) is 0.747. The van der Waals surface area contributed by atoms with Crippen molar-refractivity contribution in [2.24, 2.45) is 17.6 Å². The zero-order valence-electron chi connectivity index (χ0n) is 10.6. The number of hydrogen-bond acceptors (Lipinski definition) is 3. The largest absolute Gasteiger partial charge is 0.330 e. The molecule has 0 saturated heterocycles. The van der Waals surface area contributed by atoms with Crippen LogP contribution in [0, 0.1) is 11.8 Å². The molecule has 0 aromatic heterocycles. The number of rotatable bonds is 4. The fraction of sp³-hybridized carbons (Fsp3) is 1.00. The molecule has 0 spiro atoms. The van der Waals surface area contributed by atoms with Gasteiger partial charge in [0.05, 0.1) is 10.5 Å². The molecule has 1 rings (SSSR count). The lowest BCUT2D eigenvalue weighted by atomic mass is 9.80. The Kier molecular flexibility index (Phi) is 4.80. The van der Waals surface area contributed by atoms with Crippen LogP contribution in [-0.2, 0) is 9.84 Å². The van der Waals surface area contributed by atoms with Gasteiger partial charge in [0, 0.05) is 0 Å². The first kappa shape index (κ1) is 14.0. The zero-order valence-corrected chi connectivity index (χ0v) is 11.5. The van der Waals surface area contributed by atoms with Gasteiger partial charge in [-0.15, -0.1) is 0 Å². The molecule has 3 nitrogen and oxygen atoms in total. The molecule has 0 radical (unpaired) electrons. The fourth-order valence-electron chi connectivity index (χ4n) is 2.67. The summed E-state index contributed by atoms with van der Waals surface area (Å²) in [5.41, 5.74) is 5.71. The molecule has 0 heterocycles. The van der Waals surface area contributed by atoms with Gasteiger partial charge in [0.25, 0.3) is 0 Å². The average molecular weight is 247 g/mol. The molecule has 3 atom stereocenters. The van der Waals surface area contributed by atoms with Gasteiger partial charge in [0.1, 0.15) is 0 Å². The maximum Gasteiger partial charge on any atom is 0.155 e. The molecule has 1 saturated carbocycles. The van der Waals surface area contributed by atoms with Crippen molar-refractivity contribution in [3.63, 3.8) is 0 Å². The molecule has 0 amide bonds. The van der Waals surface area contributed by atoms with Gasteiger partial charge in [-0.2, -0.15) is 0 Å². The van der Waals surface area contributed by atoms with Crippen LogP contribution in [0.2, 0.25) is 0 Å². The zero-order chi connectivity index (χ0) is 12.3. The smallest absolute Gasteiger partial charge is 0.155 e. The highest BCUT2D eigenvalue weighted by atomic mass is 32.2. The Balaban J connectivity index is 2.88. The lowest BCUT2D eigenvalue weighted by Crippen LogP contribution is -2.42. The van der Waals surface area contributed by atoms with Gasteiger partial charge < -0.3 is 5.73 Å². The van der Waals surface area contributed by atoms with E-state index in [0.29, 0.717) is 12.5 Å². The molecule has 96 valence electrons. The van der Waals surface area contributed by atoms with Crippen LogP contribution in [0.15, 0.2) is 0 Å². The lowest BCUT2D eigenvalue weighted by molar-refractivity contribution is 0.275. The van der Waals surface area contributed by atoms with Crippen LogP contribution >= 0.6 is 0 Å². The van der Waals surface area contributed by atoms with E-state index >= 15 is 0 Å². The van der Waals surface area contributed by atoms with E-state index in [1.54, 1.807) is 13.8 Å². The summed E-state index contributed by atoms with van der Waals surface area (Å²) in [5, 5.41) is -0.474. The van der Waals surface area contributed by atoms with E-state index in [0.717, 1.165) is 25.7 Å². The first-order valence-corrected chi connectivity index (χ1v) is 7.97. The van der Waals surface area contributed by atoms with Crippen molar-refractivity contribution in [1.29, 1.82) is 0 Å². The van der Waals surface area contributed by atoms with Crippen LogP contribution < -0.4 is 5.73 Å². The summed E-state index contributed by atoms with van der Waals surface area (Å²) in [4.78, 5) is 0. The van der Waals surface area contributed by atoms with E-state index in [9.17, 15) is 8.42 Å². The Bertz CT molecular complexity index is 311. The average Bonchev–Trinajstić information content (AvgIpc) is 2.27. The van der Waals surface area contributed by atoms with Crippen LogP contribution in [0.4, 0.5) is 0 Å². The van der Waals surface area contributed by atoms with Crippen LogP contribution in [0.1, 0.15) is 46.5 Å². The Labute approximate surface area is 99.7 Å². The highest BCUT2D eigenvalue weighted by Crippen LogP contribution is 2.35. The molecule has 4 heteroatoms. The molecule has 0 bridgehead atoms. The molecular formula is C12H25NO2S. The Morgan fingerprint density at radius 1 is 1.31 bits per heavy atom. The number of hydrogen-bond donors (Lipinski definition) is 1. The van der Waals surface area contributed by atoms with E-state index in [1.807, 2.05) is 0 Å². The molecule has 3 unspecified atom stereocenters. The predicted molar refractivity (Wildman–Crippen MR) is 68.0 cm³/mol. The van der Waals surface area contributed by atoms with Crippen molar-refractivity contribution in [1.82, 2.24) is 0 Å².